The standard InChI is InChI=1S/C14H18FN5O2S/c1-16-23(21,22)11-4-5-13(12(15)7-11)20-6-2-3-10(8-20)14-17-9-18-19-14/h4-5,7,9-10,16H,2-3,6,8H2,1H3,(H,17,18,19). The molecule has 1 aliphatic rings. The molecular weight excluding hydrogens is 321 g/mol. The van der Waals surface area contributed by atoms with Gasteiger partial charge < -0.3 is 4.90 Å². The molecule has 2 heterocycles. The van der Waals surface area contributed by atoms with Crippen LogP contribution in [0.3, 0.4) is 0 Å². The molecule has 1 atom stereocenters. The monoisotopic (exact) mass is 339 g/mol. The highest BCUT2D eigenvalue weighted by molar-refractivity contribution is 7.89. The number of hydrogen-bond donors (Lipinski definition) is 2. The summed E-state index contributed by atoms with van der Waals surface area (Å²) in [6, 6.07) is 3.99. The van der Waals surface area contributed by atoms with Crippen molar-refractivity contribution >= 4 is 15.7 Å². The van der Waals surface area contributed by atoms with Gasteiger partial charge in [-0.2, -0.15) is 5.10 Å². The summed E-state index contributed by atoms with van der Waals surface area (Å²) in [6.45, 7) is 1.34. The molecule has 1 aliphatic heterocycles. The fraction of sp³-hybridized carbons (Fsp3) is 0.429. The van der Waals surface area contributed by atoms with Crippen LogP contribution in [0.4, 0.5) is 10.1 Å². The van der Waals surface area contributed by atoms with Gasteiger partial charge in [-0.05, 0) is 38.1 Å². The maximum Gasteiger partial charge on any atom is 0.240 e. The number of sulfonamides is 1. The third-order valence-corrected chi connectivity index (χ3v) is 5.49. The topological polar surface area (TPSA) is 91.0 Å². The Morgan fingerprint density at radius 1 is 1.43 bits per heavy atom. The predicted octanol–water partition coefficient (Wildman–Crippen LogP) is 1.24. The van der Waals surface area contributed by atoms with E-state index in [-0.39, 0.29) is 10.8 Å². The summed E-state index contributed by atoms with van der Waals surface area (Å²) < 4.78 is 40.1. The van der Waals surface area contributed by atoms with Gasteiger partial charge in [0.05, 0.1) is 10.6 Å². The molecule has 0 saturated carbocycles. The van der Waals surface area contributed by atoms with E-state index in [1.54, 1.807) is 0 Å². The lowest BCUT2D eigenvalue weighted by atomic mass is 9.97. The van der Waals surface area contributed by atoms with E-state index in [1.807, 2.05) is 4.90 Å². The third kappa shape index (κ3) is 3.20. The van der Waals surface area contributed by atoms with Gasteiger partial charge in [0.15, 0.2) is 0 Å². The minimum Gasteiger partial charge on any atom is -0.368 e. The van der Waals surface area contributed by atoms with Crippen molar-refractivity contribution in [2.24, 2.45) is 0 Å². The lowest BCUT2D eigenvalue weighted by Crippen LogP contribution is -2.35. The SMILES string of the molecule is CNS(=O)(=O)c1ccc(N2CCCC(c3ncn[nH]3)C2)c(F)c1. The molecule has 1 unspecified atom stereocenters. The van der Waals surface area contributed by atoms with Crippen molar-refractivity contribution in [2.45, 2.75) is 23.7 Å². The Hall–Kier alpha value is -2.00. The number of halogens is 1. The molecule has 0 radical (unpaired) electrons. The van der Waals surface area contributed by atoms with Gasteiger partial charge in [-0.3, -0.25) is 5.10 Å². The molecule has 23 heavy (non-hydrogen) atoms. The number of nitrogens with zero attached hydrogens (tertiary/aromatic N) is 3. The van der Waals surface area contributed by atoms with E-state index >= 15 is 0 Å². The van der Waals surface area contributed by atoms with Crippen molar-refractivity contribution in [1.82, 2.24) is 19.9 Å². The summed E-state index contributed by atoms with van der Waals surface area (Å²) in [7, 11) is -2.35. The second kappa shape index (κ2) is 6.25. The molecule has 0 bridgehead atoms. The average Bonchev–Trinajstić information content (AvgIpc) is 3.09. The van der Waals surface area contributed by atoms with Gasteiger partial charge in [-0.15, -0.1) is 0 Å². The first-order valence-corrected chi connectivity index (χ1v) is 8.83. The lowest BCUT2D eigenvalue weighted by molar-refractivity contribution is 0.485. The Morgan fingerprint density at radius 2 is 2.26 bits per heavy atom. The molecule has 9 heteroatoms. The highest BCUT2D eigenvalue weighted by Gasteiger charge is 2.25. The highest BCUT2D eigenvalue weighted by Crippen LogP contribution is 2.30. The first-order valence-electron chi connectivity index (χ1n) is 7.34. The Morgan fingerprint density at radius 3 is 2.91 bits per heavy atom. The number of benzene rings is 1. The fourth-order valence-electron chi connectivity index (χ4n) is 2.86. The van der Waals surface area contributed by atoms with Crippen LogP contribution in [0.1, 0.15) is 24.6 Å². The molecule has 1 saturated heterocycles. The fourth-order valence-corrected chi connectivity index (χ4v) is 3.60. The van der Waals surface area contributed by atoms with Crippen molar-refractivity contribution in [3.63, 3.8) is 0 Å². The number of aromatic nitrogens is 3. The molecule has 1 aromatic carbocycles. The maximum absolute atomic E-state index is 14.4. The molecule has 2 N–H and O–H groups in total. The number of H-pyrrole nitrogens is 1. The van der Waals surface area contributed by atoms with E-state index in [4.69, 9.17) is 0 Å². The number of piperidine rings is 1. The van der Waals surface area contributed by atoms with Crippen LogP contribution < -0.4 is 9.62 Å². The van der Waals surface area contributed by atoms with Crippen molar-refractivity contribution in [1.29, 1.82) is 0 Å². The van der Waals surface area contributed by atoms with E-state index in [0.29, 0.717) is 12.2 Å². The first kappa shape index (κ1) is 15.9. The summed E-state index contributed by atoms with van der Waals surface area (Å²) in [5.74, 6) is 0.412. The van der Waals surface area contributed by atoms with Gasteiger partial charge >= 0.3 is 0 Å². The lowest BCUT2D eigenvalue weighted by Gasteiger charge is -2.33. The van der Waals surface area contributed by atoms with Crippen LogP contribution in [-0.4, -0.2) is 43.7 Å². The van der Waals surface area contributed by atoms with Crippen molar-refractivity contribution < 1.29 is 12.8 Å². The largest absolute Gasteiger partial charge is 0.368 e. The van der Waals surface area contributed by atoms with Gasteiger partial charge in [0.1, 0.15) is 18.0 Å². The minimum atomic E-state index is -3.65. The maximum atomic E-state index is 14.4. The van der Waals surface area contributed by atoms with E-state index in [0.717, 1.165) is 31.3 Å². The summed E-state index contributed by atoms with van der Waals surface area (Å²) in [6.07, 6.45) is 3.33. The van der Waals surface area contributed by atoms with E-state index in [9.17, 15) is 12.8 Å². The van der Waals surface area contributed by atoms with Gasteiger partial charge in [0.25, 0.3) is 0 Å². The first-order chi connectivity index (χ1) is 11.0. The molecule has 0 aliphatic carbocycles. The van der Waals surface area contributed by atoms with Gasteiger partial charge in [0.2, 0.25) is 10.0 Å². The molecule has 0 amide bonds. The normalized spacial score (nSPS) is 19.0. The number of aromatic amines is 1. The van der Waals surface area contributed by atoms with Crippen molar-refractivity contribution in [2.75, 3.05) is 25.0 Å². The Kier molecular flexibility index (Phi) is 4.31. The van der Waals surface area contributed by atoms with Crippen molar-refractivity contribution in [3.8, 4) is 0 Å². The Balaban J connectivity index is 1.84. The molecule has 124 valence electrons. The molecule has 3 rings (SSSR count). The predicted molar refractivity (Wildman–Crippen MR) is 83.2 cm³/mol. The average molecular weight is 339 g/mol. The quantitative estimate of drug-likeness (QED) is 0.874. The van der Waals surface area contributed by atoms with E-state index < -0.39 is 15.8 Å². The number of nitrogens with one attached hydrogen (secondary N) is 2. The van der Waals surface area contributed by atoms with Gasteiger partial charge in [0, 0.05) is 19.0 Å². The van der Waals surface area contributed by atoms with E-state index in [2.05, 4.69) is 19.9 Å². The van der Waals surface area contributed by atoms with Crippen molar-refractivity contribution in [3.05, 3.63) is 36.2 Å². The van der Waals surface area contributed by atoms with Crippen LogP contribution in [-0.2, 0) is 10.0 Å². The Bertz CT molecular complexity index is 778. The van der Waals surface area contributed by atoms with Crippen LogP contribution in [0, 0.1) is 5.82 Å². The third-order valence-electron chi connectivity index (χ3n) is 4.08. The van der Waals surface area contributed by atoms with Gasteiger partial charge in [-0.25, -0.2) is 22.5 Å². The molecule has 7 nitrogen and oxygen atoms in total. The summed E-state index contributed by atoms with van der Waals surface area (Å²) in [5, 5.41) is 6.72. The molecule has 2 aromatic rings. The summed E-state index contributed by atoms with van der Waals surface area (Å²) >= 11 is 0. The highest BCUT2D eigenvalue weighted by atomic mass is 32.2. The zero-order valence-corrected chi connectivity index (χ0v) is 13.5. The summed E-state index contributed by atoms with van der Waals surface area (Å²) in [4.78, 5) is 6.01. The van der Waals surface area contributed by atoms with Crippen LogP contribution in [0.15, 0.2) is 29.4 Å². The molecule has 1 fully saturated rings. The van der Waals surface area contributed by atoms with Crippen LogP contribution in [0.25, 0.3) is 0 Å². The van der Waals surface area contributed by atoms with Gasteiger partial charge in [-0.1, -0.05) is 0 Å². The number of rotatable bonds is 4. The minimum absolute atomic E-state index is 0.0787. The Labute approximate surface area is 134 Å². The molecule has 1 aromatic heterocycles. The zero-order chi connectivity index (χ0) is 16.4. The second-order valence-electron chi connectivity index (χ2n) is 5.48. The second-order valence-corrected chi connectivity index (χ2v) is 7.36. The smallest absolute Gasteiger partial charge is 0.240 e. The zero-order valence-electron chi connectivity index (χ0n) is 12.7. The van der Waals surface area contributed by atoms with Crippen LogP contribution in [0.2, 0.25) is 0 Å². The summed E-state index contributed by atoms with van der Waals surface area (Å²) in [5.41, 5.74) is 0.407. The van der Waals surface area contributed by atoms with Crippen LogP contribution >= 0.6 is 0 Å². The van der Waals surface area contributed by atoms with Crippen LogP contribution in [0.5, 0.6) is 0 Å². The molecule has 0 spiro atoms. The molecular formula is C14H18FN5O2S. The number of hydrogen-bond acceptors (Lipinski definition) is 5. The number of anilines is 1. The van der Waals surface area contributed by atoms with E-state index in [1.165, 1.54) is 25.5 Å².